The van der Waals surface area contributed by atoms with E-state index in [2.05, 4.69) is 55.4 Å². The lowest BCUT2D eigenvalue weighted by Gasteiger charge is -2.21. The largest absolute Gasteiger partial charge is 0.472 e. The van der Waals surface area contributed by atoms with E-state index in [0.717, 1.165) is 114 Å². The normalized spacial score (nSPS) is 14.9. The molecule has 0 rings (SSSR count). The van der Waals surface area contributed by atoms with E-state index in [1.807, 2.05) is 0 Å². The Labute approximate surface area is 537 Å². The van der Waals surface area contributed by atoms with E-state index < -0.39 is 97.5 Å². The molecular formula is C69H134O17P2. The van der Waals surface area contributed by atoms with Gasteiger partial charge < -0.3 is 33.8 Å². The van der Waals surface area contributed by atoms with Gasteiger partial charge in [0, 0.05) is 25.7 Å². The molecule has 0 heterocycles. The number of phosphoric ester groups is 2. The first-order valence-corrected chi connectivity index (χ1v) is 38.8. The quantitative estimate of drug-likeness (QED) is 0.0222. The molecule has 0 saturated heterocycles. The maximum atomic E-state index is 13.0. The van der Waals surface area contributed by atoms with Crippen molar-refractivity contribution >= 4 is 39.5 Å². The van der Waals surface area contributed by atoms with Crippen molar-refractivity contribution in [1.29, 1.82) is 0 Å². The number of aliphatic hydroxyl groups is 1. The van der Waals surface area contributed by atoms with E-state index in [-0.39, 0.29) is 25.7 Å². The summed E-state index contributed by atoms with van der Waals surface area (Å²) in [5, 5.41) is 10.6. The minimum Gasteiger partial charge on any atom is -0.462 e. The summed E-state index contributed by atoms with van der Waals surface area (Å²) in [7, 11) is -9.90. The number of unbranched alkanes of at least 4 members (excludes halogenated alkanes) is 30. The fraction of sp³-hybridized carbons (Fsp3) is 0.942. The number of esters is 4. The van der Waals surface area contributed by atoms with E-state index in [4.69, 9.17) is 37.0 Å². The van der Waals surface area contributed by atoms with Gasteiger partial charge in [-0.15, -0.1) is 0 Å². The topological polar surface area (TPSA) is 237 Å². The van der Waals surface area contributed by atoms with E-state index in [9.17, 15) is 43.2 Å². The second-order valence-corrected chi connectivity index (χ2v) is 29.3. The van der Waals surface area contributed by atoms with E-state index >= 15 is 0 Å². The second kappa shape index (κ2) is 58.8. The summed E-state index contributed by atoms with van der Waals surface area (Å²) in [6, 6.07) is 0. The zero-order chi connectivity index (χ0) is 65.4. The third-order valence-electron chi connectivity index (χ3n) is 16.5. The van der Waals surface area contributed by atoms with Crippen LogP contribution in [0, 0.1) is 23.7 Å². The third kappa shape index (κ3) is 60.3. The summed E-state index contributed by atoms with van der Waals surface area (Å²) in [6.45, 7) is 14.0. The average Bonchev–Trinajstić information content (AvgIpc) is 3.54. The van der Waals surface area contributed by atoms with Gasteiger partial charge in [-0.3, -0.25) is 37.3 Å². The highest BCUT2D eigenvalue weighted by molar-refractivity contribution is 7.47. The van der Waals surface area contributed by atoms with Crippen LogP contribution >= 0.6 is 15.6 Å². The monoisotopic (exact) mass is 1300 g/mol. The van der Waals surface area contributed by atoms with Crippen molar-refractivity contribution in [3.63, 3.8) is 0 Å². The van der Waals surface area contributed by atoms with Crippen LogP contribution in [0.5, 0.6) is 0 Å². The molecule has 3 N–H and O–H groups in total. The van der Waals surface area contributed by atoms with Crippen LogP contribution in [-0.4, -0.2) is 96.7 Å². The molecule has 17 nitrogen and oxygen atoms in total. The molecule has 0 radical (unpaired) electrons. The molecule has 19 heteroatoms. The fourth-order valence-corrected chi connectivity index (χ4v) is 11.8. The molecule has 0 spiro atoms. The lowest BCUT2D eigenvalue weighted by Crippen LogP contribution is -2.30. The van der Waals surface area contributed by atoms with Crippen LogP contribution in [0.4, 0.5) is 0 Å². The first-order chi connectivity index (χ1) is 42.2. The summed E-state index contributed by atoms with van der Waals surface area (Å²) < 4.78 is 68.2. The predicted molar refractivity (Wildman–Crippen MR) is 354 cm³/mol. The lowest BCUT2D eigenvalue weighted by atomic mass is 9.99. The van der Waals surface area contributed by atoms with Crippen molar-refractivity contribution < 1.29 is 80.2 Å². The van der Waals surface area contributed by atoms with Crippen LogP contribution in [-0.2, 0) is 65.4 Å². The average molecular weight is 1300 g/mol. The van der Waals surface area contributed by atoms with Gasteiger partial charge in [0.15, 0.2) is 12.2 Å². The Morgan fingerprint density at radius 2 is 0.545 bits per heavy atom. The van der Waals surface area contributed by atoms with Gasteiger partial charge in [0.2, 0.25) is 0 Å². The molecule has 0 aromatic rings. The number of aliphatic hydroxyl groups excluding tert-OH is 1. The standard InChI is InChI=1S/C69H134O17P2/c1-9-61(7)47-39-31-22-19-20-23-33-41-49-66(71)79-55-65(86-69(74)52-44-36-28-26-32-40-48-62(8)10-2)58-84-88(77,78)82-54-63(70)53-81-87(75,76)83-57-64(56-80-67(72)50-42-34-27-25-30-38-46-60(5)6)85-68(73)51-43-35-24-18-16-14-12-11-13-15-17-21-29-37-45-59(3)4/h59-65,70H,9-58H2,1-8H3,(H,75,76)(H,77,78)/t61?,62?,63-,64+,65+/m0/s1. The highest BCUT2D eigenvalue weighted by Gasteiger charge is 2.30. The number of hydrogen-bond donors (Lipinski definition) is 3. The lowest BCUT2D eigenvalue weighted by molar-refractivity contribution is -0.161. The van der Waals surface area contributed by atoms with Gasteiger partial charge >= 0.3 is 39.5 Å². The molecule has 0 amide bonds. The first kappa shape index (κ1) is 86.1. The molecule has 0 aliphatic heterocycles. The van der Waals surface area contributed by atoms with E-state index in [1.165, 1.54) is 135 Å². The van der Waals surface area contributed by atoms with Crippen LogP contribution in [0.15, 0.2) is 0 Å². The summed E-state index contributed by atoms with van der Waals surface area (Å²) >= 11 is 0. The molecule has 0 fully saturated rings. The minimum absolute atomic E-state index is 0.102. The summed E-state index contributed by atoms with van der Waals surface area (Å²) in [4.78, 5) is 72.4. The summed E-state index contributed by atoms with van der Waals surface area (Å²) in [5.74, 6) is 0.837. The second-order valence-electron chi connectivity index (χ2n) is 26.4. The molecule has 0 aliphatic carbocycles. The fourth-order valence-electron chi connectivity index (χ4n) is 10.2. The Morgan fingerprint density at radius 3 is 0.807 bits per heavy atom. The van der Waals surface area contributed by atoms with E-state index in [0.29, 0.717) is 31.6 Å². The van der Waals surface area contributed by atoms with Crippen LogP contribution < -0.4 is 0 Å². The van der Waals surface area contributed by atoms with Gasteiger partial charge in [-0.05, 0) is 49.4 Å². The molecule has 0 saturated carbocycles. The molecule has 88 heavy (non-hydrogen) atoms. The molecule has 0 aliphatic rings. The number of carbonyl (C=O) groups excluding carboxylic acids is 4. The van der Waals surface area contributed by atoms with Crippen molar-refractivity contribution in [3.05, 3.63) is 0 Å². The third-order valence-corrected chi connectivity index (χ3v) is 18.4. The Hall–Kier alpha value is -1.94. The van der Waals surface area contributed by atoms with Crippen LogP contribution in [0.25, 0.3) is 0 Å². The minimum atomic E-state index is -4.95. The van der Waals surface area contributed by atoms with Crippen molar-refractivity contribution in [1.82, 2.24) is 0 Å². The van der Waals surface area contributed by atoms with Crippen LogP contribution in [0.1, 0.15) is 338 Å². The molecular weight excluding hydrogens is 1160 g/mol. The zero-order valence-electron chi connectivity index (χ0n) is 57.3. The van der Waals surface area contributed by atoms with Gasteiger partial charge in [0.1, 0.15) is 19.3 Å². The van der Waals surface area contributed by atoms with Crippen LogP contribution in [0.3, 0.4) is 0 Å². The van der Waals surface area contributed by atoms with Gasteiger partial charge in [-0.1, -0.05) is 287 Å². The molecule has 522 valence electrons. The summed E-state index contributed by atoms with van der Waals surface area (Å²) in [5.41, 5.74) is 0. The predicted octanol–water partition coefficient (Wildman–Crippen LogP) is 19.3. The Kier molecular flexibility index (Phi) is 57.6. The summed E-state index contributed by atoms with van der Waals surface area (Å²) in [6.07, 6.45) is 40.5. The van der Waals surface area contributed by atoms with E-state index in [1.54, 1.807) is 0 Å². The highest BCUT2D eigenvalue weighted by atomic mass is 31.2. The van der Waals surface area contributed by atoms with Crippen molar-refractivity contribution in [2.45, 2.75) is 356 Å². The number of hydrogen-bond acceptors (Lipinski definition) is 15. The number of rotatable bonds is 66. The molecule has 0 bridgehead atoms. The molecule has 0 aromatic heterocycles. The zero-order valence-corrected chi connectivity index (χ0v) is 59.1. The van der Waals surface area contributed by atoms with Gasteiger partial charge in [0.05, 0.1) is 26.4 Å². The van der Waals surface area contributed by atoms with Gasteiger partial charge in [0.25, 0.3) is 0 Å². The SMILES string of the molecule is CCC(C)CCCCCCCCCCC(=O)OC[C@H](COP(=O)(O)OC[C@@H](O)COP(=O)(O)OC[C@@H](COC(=O)CCCCCCCCC(C)C)OC(=O)CCCCCCCCCCCCCCCCC(C)C)OC(=O)CCCCCCCCC(C)CC. The number of ether oxygens (including phenoxy) is 4. The van der Waals surface area contributed by atoms with Crippen molar-refractivity contribution in [3.8, 4) is 0 Å². The van der Waals surface area contributed by atoms with Gasteiger partial charge in [-0.25, -0.2) is 9.13 Å². The number of carbonyl (C=O) groups is 4. The van der Waals surface area contributed by atoms with Crippen molar-refractivity contribution in [2.24, 2.45) is 23.7 Å². The molecule has 7 atom stereocenters. The Morgan fingerprint density at radius 1 is 0.318 bits per heavy atom. The maximum absolute atomic E-state index is 13.0. The van der Waals surface area contributed by atoms with Crippen LogP contribution in [0.2, 0.25) is 0 Å². The maximum Gasteiger partial charge on any atom is 0.472 e. The Balaban J connectivity index is 5.22. The first-order valence-electron chi connectivity index (χ1n) is 35.8. The Bertz CT molecular complexity index is 1750. The van der Waals surface area contributed by atoms with Crippen molar-refractivity contribution in [2.75, 3.05) is 39.6 Å². The number of phosphoric acid groups is 2. The highest BCUT2D eigenvalue weighted by Crippen LogP contribution is 2.45. The van der Waals surface area contributed by atoms with Gasteiger partial charge in [-0.2, -0.15) is 0 Å². The smallest absolute Gasteiger partial charge is 0.462 e. The molecule has 0 aromatic carbocycles. The molecule has 4 unspecified atom stereocenters.